The van der Waals surface area contributed by atoms with Crippen LogP contribution in [0.1, 0.15) is 54.3 Å². The van der Waals surface area contributed by atoms with Crippen LogP contribution < -0.4 is 11.1 Å². The van der Waals surface area contributed by atoms with Gasteiger partial charge < -0.3 is 11.1 Å². The van der Waals surface area contributed by atoms with Crippen molar-refractivity contribution in [1.29, 1.82) is 0 Å². The van der Waals surface area contributed by atoms with Gasteiger partial charge in [-0.15, -0.1) is 11.3 Å². The number of thiazole rings is 1. The van der Waals surface area contributed by atoms with E-state index in [2.05, 4.69) is 10.4 Å². The first-order chi connectivity index (χ1) is 17.3. The summed E-state index contributed by atoms with van der Waals surface area (Å²) in [4.78, 5) is 15.9. The Labute approximate surface area is 213 Å². The molecule has 3 aliphatic rings. The zero-order valence-corrected chi connectivity index (χ0v) is 21.6. The van der Waals surface area contributed by atoms with Crippen LogP contribution in [0.5, 0.6) is 0 Å². The zero-order valence-electron chi connectivity index (χ0n) is 19.9. The fourth-order valence-electron chi connectivity index (χ4n) is 6.14. The molecule has 6 heterocycles. The molecule has 4 aromatic heterocycles. The second kappa shape index (κ2) is 8.06. The number of nitrogen functional groups attached to an aromatic ring is 1. The summed E-state index contributed by atoms with van der Waals surface area (Å²) in [5.74, 6) is 0.160. The van der Waals surface area contributed by atoms with Crippen molar-refractivity contribution in [2.24, 2.45) is 0 Å². The molecule has 2 fully saturated rings. The van der Waals surface area contributed by atoms with E-state index in [-0.39, 0.29) is 16.6 Å². The Morgan fingerprint density at radius 3 is 2.61 bits per heavy atom. The molecule has 186 valence electrons. The normalized spacial score (nSPS) is 23.4. The molecule has 0 aromatic carbocycles. The number of hydrogen-bond acceptors (Lipinski definition) is 9. The molecule has 2 aliphatic heterocycles. The summed E-state index contributed by atoms with van der Waals surface area (Å²) in [5.41, 5.74) is 11.3. The molecule has 3 N–H and O–H groups in total. The van der Waals surface area contributed by atoms with Crippen molar-refractivity contribution in [3.8, 4) is 21.8 Å². The number of pyridine rings is 1. The maximum atomic E-state index is 12.8. The molecule has 1 unspecified atom stereocenters. The number of fused-ring (bicyclic) bond motifs is 4. The minimum absolute atomic E-state index is 0.0379. The largest absolute Gasteiger partial charge is 0.382 e. The summed E-state index contributed by atoms with van der Waals surface area (Å²) >= 11 is 1.73. The van der Waals surface area contributed by atoms with Crippen LogP contribution in [0.3, 0.4) is 0 Å². The summed E-state index contributed by atoms with van der Waals surface area (Å²) in [7, 11) is -3.60. The van der Waals surface area contributed by atoms with E-state index >= 15 is 0 Å². The summed E-state index contributed by atoms with van der Waals surface area (Å²) in [6.07, 6.45) is 12.0. The van der Waals surface area contributed by atoms with Gasteiger partial charge in [0.25, 0.3) is 0 Å². The third kappa shape index (κ3) is 3.55. The first kappa shape index (κ1) is 22.3. The van der Waals surface area contributed by atoms with Gasteiger partial charge in [0.1, 0.15) is 15.7 Å². The highest BCUT2D eigenvalue weighted by Crippen LogP contribution is 2.41. The predicted octanol–water partition coefficient (Wildman–Crippen LogP) is 3.39. The van der Waals surface area contributed by atoms with Crippen molar-refractivity contribution >= 4 is 32.6 Å². The van der Waals surface area contributed by atoms with Crippen LogP contribution in [0.2, 0.25) is 0 Å². The third-order valence-corrected chi connectivity index (χ3v) is 10.1. The lowest BCUT2D eigenvalue weighted by molar-refractivity contribution is 0.355. The average molecular weight is 522 g/mol. The van der Waals surface area contributed by atoms with E-state index < -0.39 is 9.84 Å². The van der Waals surface area contributed by atoms with Crippen molar-refractivity contribution in [2.45, 2.75) is 67.8 Å². The highest BCUT2D eigenvalue weighted by molar-refractivity contribution is 7.91. The average Bonchev–Trinajstić information content (AvgIpc) is 3.61. The van der Waals surface area contributed by atoms with E-state index in [0.29, 0.717) is 23.4 Å². The zero-order chi connectivity index (χ0) is 24.6. The van der Waals surface area contributed by atoms with E-state index in [0.717, 1.165) is 60.4 Å². The van der Waals surface area contributed by atoms with Crippen LogP contribution in [0.15, 0.2) is 29.4 Å². The van der Waals surface area contributed by atoms with Crippen molar-refractivity contribution in [1.82, 2.24) is 29.9 Å². The monoisotopic (exact) mass is 521 g/mol. The lowest BCUT2D eigenvalue weighted by Crippen LogP contribution is -2.38. The van der Waals surface area contributed by atoms with Crippen molar-refractivity contribution in [2.75, 3.05) is 12.0 Å². The number of hydrogen-bond donors (Lipinski definition) is 2. The SMILES string of the molecule is CS(=O)(=O)c1c(C2C[C@H]3CC[C@@H](C2)N3)nc2c(-c3ccc(-c4nc5c(s4)CCC5)nc3)cnn2c1N. The van der Waals surface area contributed by atoms with Crippen LogP contribution in [-0.2, 0) is 22.7 Å². The number of sulfone groups is 1. The number of piperidine rings is 1. The minimum atomic E-state index is -3.60. The Bertz CT molecular complexity index is 1570. The van der Waals surface area contributed by atoms with Gasteiger partial charge in [0.05, 0.1) is 23.3 Å². The molecule has 36 heavy (non-hydrogen) atoms. The maximum absolute atomic E-state index is 12.8. The van der Waals surface area contributed by atoms with Gasteiger partial charge in [0, 0.05) is 46.5 Å². The molecular formula is C25H27N7O2S2. The molecule has 0 spiro atoms. The molecule has 1 aliphatic carbocycles. The van der Waals surface area contributed by atoms with Crippen LogP contribution in [-0.4, -0.2) is 51.3 Å². The molecule has 0 saturated carbocycles. The fourth-order valence-corrected chi connectivity index (χ4v) is 8.32. The molecular weight excluding hydrogens is 494 g/mol. The van der Waals surface area contributed by atoms with Gasteiger partial charge in [-0.1, -0.05) is 6.07 Å². The molecule has 0 radical (unpaired) electrons. The van der Waals surface area contributed by atoms with E-state index in [1.165, 1.54) is 27.8 Å². The highest BCUT2D eigenvalue weighted by Gasteiger charge is 2.38. The second-order valence-corrected chi connectivity index (χ2v) is 13.3. The van der Waals surface area contributed by atoms with Gasteiger partial charge in [-0.2, -0.15) is 9.61 Å². The number of aromatic nitrogens is 5. The molecule has 0 amide bonds. The van der Waals surface area contributed by atoms with Crippen molar-refractivity contribution in [3.05, 3.63) is 40.8 Å². The van der Waals surface area contributed by atoms with Gasteiger partial charge in [-0.3, -0.25) is 4.98 Å². The Morgan fingerprint density at radius 1 is 1.11 bits per heavy atom. The molecule has 9 nitrogen and oxygen atoms in total. The number of anilines is 1. The van der Waals surface area contributed by atoms with Crippen molar-refractivity contribution < 1.29 is 8.42 Å². The van der Waals surface area contributed by atoms with E-state index in [4.69, 9.17) is 20.7 Å². The minimum Gasteiger partial charge on any atom is -0.382 e. The summed E-state index contributed by atoms with van der Waals surface area (Å²) in [5, 5.41) is 9.00. The Hall–Kier alpha value is -2.89. The number of nitrogens with two attached hydrogens (primary N) is 1. The number of rotatable bonds is 4. The van der Waals surface area contributed by atoms with Crippen LogP contribution >= 0.6 is 11.3 Å². The smallest absolute Gasteiger partial charge is 0.180 e. The number of nitrogens with zero attached hydrogens (tertiary/aromatic N) is 5. The first-order valence-corrected chi connectivity index (χ1v) is 15.1. The number of nitrogens with one attached hydrogen (secondary N) is 1. The Balaban J connectivity index is 1.32. The summed E-state index contributed by atoms with van der Waals surface area (Å²) in [6.45, 7) is 0. The van der Waals surface area contributed by atoms with E-state index in [1.807, 2.05) is 18.3 Å². The molecule has 2 bridgehead atoms. The van der Waals surface area contributed by atoms with Crippen LogP contribution in [0.25, 0.3) is 27.5 Å². The molecule has 11 heteroatoms. The van der Waals surface area contributed by atoms with E-state index in [1.54, 1.807) is 17.5 Å². The van der Waals surface area contributed by atoms with Gasteiger partial charge in [-0.05, 0) is 51.0 Å². The van der Waals surface area contributed by atoms with Gasteiger partial charge in [-0.25, -0.2) is 18.4 Å². The molecule has 7 rings (SSSR count). The predicted molar refractivity (Wildman–Crippen MR) is 139 cm³/mol. The highest BCUT2D eigenvalue weighted by atomic mass is 32.2. The van der Waals surface area contributed by atoms with Crippen molar-refractivity contribution in [3.63, 3.8) is 0 Å². The first-order valence-electron chi connectivity index (χ1n) is 12.4. The molecule has 3 atom stereocenters. The number of aryl methyl sites for hydroxylation is 2. The van der Waals surface area contributed by atoms with E-state index in [9.17, 15) is 8.42 Å². The molecule has 4 aromatic rings. The van der Waals surface area contributed by atoms with Crippen LogP contribution in [0.4, 0.5) is 5.82 Å². The molecule has 2 saturated heterocycles. The quantitative estimate of drug-likeness (QED) is 0.418. The van der Waals surface area contributed by atoms with Crippen LogP contribution in [0, 0.1) is 0 Å². The second-order valence-electron chi connectivity index (χ2n) is 10.3. The van der Waals surface area contributed by atoms with Gasteiger partial charge in [0.15, 0.2) is 15.5 Å². The Kier molecular flexibility index (Phi) is 4.99. The lowest BCUT2D eigenvalue weighted by Gasteiger charge is -2.30. The van der Waals surface area contributed by atoms with Gasteiger partial charge >= 0.3 is 0 Å². The Morgan fingerprint density at radius 2 is 1.92 bits per heavy atom. The van der Waals surface area contributed by atoms with Gasteiger partial charge in [0.2, 0.25) is 0 Å². The summed E-state index contributed by atoms with van der Waals surface area (Å²) < 4.78 is 27.1. The topological polar surface area (TPSA) is 128 Å². The summed E-state index contributed by atoms with van der Waals surface area (Å²) in [6, 6.07) is 4.77. The maximum Gasteiger partial charge on any atom is 0.180 e. The fraction of sp³-hybridized carbons (Fsp3) is 0.440. The standard InChI is InChI=1S/C25H27N7O2S2/c1-36(33,34)22-21(14-9-15-6-7-16(10-14)29-15)31-24-17(12-28-32(24)23(22)26)13-5-8-19(27-11-13)25-30-18-3-2-4-20(18)35-25/h5,8,11-12,14-16,29H,2-4,6-7,9-10,26H2,1H3/t14?,15-,16+. The lowest BCUT2D eigenvalue weighted by atomic mass is 9.89. The third-order valence-electron chi connectivity index (χ3n) is 7.78.